The van der Waals surface area contributed by atoms with E-state index in [1.165, 1.54) is 6.26 Å². The van der Waals surface area contributed by atoms with E-state index >= 15 is 0 Å². The number of nitrogens with zero attached hydrogens (tertiary/aromatic N) is 4. The van der Waals surface area contributed by atoms with Gasteiger partial charge in [0.1, 0.15) is 10.4 Å². The minimum Gasteiger partial charge on any atom is -0.437 e. The molecule has 0 radical (unpaired) electrons. The van der Waals surface area contributed by atoms with Crippen LogP contribution in [0.3, 0.4) is 0 Å². The van der Waals surface area contributed by atoms with Crippen LogP contribution in [0.15, 0.2) is 52.7 Å². The zero-order valence-corrected chi connectivity index (χ0v) is 23.9. The number of fused-ring (bicyclic) bond motifs is 1. The Hall–Kier alpha value is -3.52. The van der Waals surface area contributed by atoms with E-state index in [9.17, 15) is 13.7 Å². The zero-order valence-electron chi connectivity index (χ0n) is 22.3. The lowest BCUT2D eigenvalue weighted by Gasteiger charge is -2.21. The summed E-state index contributed by atoms with van der Waals surface area (Å²) < 4.78 is 30.7. The van der Waals surface area contributed by atoms with Gasteiger partial charge in [-0.2, -0.15) is 10.2 Å². The van der Waals surface area contributed by atoms with Crippen molar-refractivity contribution in [2.45, 2.75) is 50.6 Å². The maximum Gasteiger partial charge on any atom is 0.242 e. The van der Waals surface area contributed by atoms with Gasteiger partial charge in [0.05, 0.1) is 22.0 Å². The van der Waals surface area contributed by atoms with Crippen LogP contribution in [0.25, 0.3) is 10.2 Å². The Morgan fingerprint density at radius 1 is 1.10 bits per heavy atom. The highest BCUT2D eigenvalue weighted by Gasteiger charge is 2.20. The number of anilines is 1. The summed E-state index contributed by atoms with van der Waals surface area (Å²) in [5.74, 6) is 1.78. The van der Waals surface area contributed by atoms with Gasteiger partial charge in [0.25, 0.3) is 0 Å². The van der Waals surface area contributed by atoms with Gasteiger partial charge in [-0.1, -0.05) is 12.1 Å². The fraction of sp³-hybridized carbons (Fsp3) is 0.345. The van der Waals surface area contributed by atoms with Crippen LogP contribution in [0.4, 0.5) is 5.95 Å². The number of aryl methyl sites for hydroxylation is 2. The number of aromatic nitrogens is 2. The molecule has 1 saturated heterocycles. The number of sulfone groups is 1. The first-order valence-corrected chi connectivity index (χ1v) is 15.7. The Balaban J connectivity index is 1.28. The predicted octanol–water partition coefficient (Wildman–Crippen LogP) is 5.84. The monoisotopic (exact) mass is 561 g/mol. The van der Waals surface area contributed by atoms with Crippen LogP contribution in [0.1, 0.15) is 41.5 Å². The first kappa shape index (κ1) is 27.1. The molecule has 0 amide bonds. The number of thiophene rings is 1. The highest BCUT2D eigenvalue weighted by atomic mass is 32.2. The maximum absolute atomic E-state index is 11.7. The number of rotatable bonds is 7. The molecule has 0 aliphatic carbocycles. The number of nitrogens with one attached hydrogen (secondary N) is 1. The molecule has 1 N–H and O–H groups in total. The molecule has 2 aromatic carbocycles. The molecule has 1 atom stereocenters. The highest BCUT2D eigenvalue weighted by Crippen LogP contribution is 2.36. The average molecular weight is 562 g/mol. The van der Waals surface area contributed by atoms with Crippen LogP contribution in [-0.4, -0.2) is 48.7 Å². The van der Waals surface area contributed by atoms with Crippen LogP contribution in [0.5, 0.6) is 11.6 Å². The second kappa shape index (κ2) is 11.3. The molecule has 3 heterocycles. The van der Waals surface area contributed by atoms with E-state index in [0.29, 0.717) is 28.0 Å². The normalized spacial score (nSPS) is 16.5. The first-order chi connectivity index (χ1) is 18.7. The third-order valence-electron chi connectivity index (χ3n) is 6.97. The molecule has 1 aliphatic rings. The van der Waals surface area contributed by atoms with Gasteiger partial charge in [0.2, 0.25) is 11.8 Å². The van der Waals surface area contributed by atoms with Crippen molar-refractivity contribution in [2.75, 3.05) is 24.7 Å². The van der Waals surface area contributed by atoms with E-state index in [4.69, 9.17) is 14.7 Å². The van der Waals surface area contributed by atoms with Crippen LogP contribution in [-0.2, 0) is 16.4 Å². The lowest BCUT2D eigenvalue weighted by Crippen LogP contribution is -2.26. The van der Waals surface area contributed by atoms with Gasteiger partial charge in [-0.05, 0) is 92.1 Å². The maximum atomic E-state index is 11.7. The van der Waals surface area contributed by atoms with Crippen LogP contribution >= 0.6 is 11.3 Å². The summed E-state index contributed by atoms with van der Waals surface area (Å²) >= 11 is 1.54. The fourth-order valence-electron chi connectivity index (χ4n) is 4.98. The summed E-state index contributed by atoms with van der Waals surface area (Å²) in [6.07, 6.45) is 4.20. The van der Waals surface area contributed by atoms with Crippen molar-refractivity contribution in [3.8, 4) is 17.7 Å². The van der Waals surface area contributed by atoms with E-state index in [0.717, 1.165) is 65.8 Å². The summed E-state index contributed by atoms with van der Waals surface area (Å²) in [6.45, 7) is 6.55. The molecule has 0 bridgehead atoms. The fourth-order valence-corrected chi connectivity index (χ4v) is 6.37. The molecule has 1 unspecified atom stereocenters. The lowest BCUT2D eigenvalue weighted by atomic mass is 10.1. The summed E-state index contributed by atoms with van der Waals surface area (Å²) in [7, 11) is -3.19. The zero-order chi connectivity index (χ0) is 27.6. The minimum absolute atomic E-state index is 0.227. The second-order valence-corrected chi connectivity index (χ2v) is 13.0. The molecule has 10 heteroatoms. The Bertz CT molecular complexity index is 1620. The Kier molecular flexibility index (Phi) is 7.84. The predicted molar refractivity (Wildman–Crippen MR) is 154 cm³/mol. The molecule has 0 saturated carbocycles. The topological polar surface area (TPSA) is 108 Å². The van der Waals surface area contributed by atoms with E-state index < -0.39 is 9.84 Å². The smallest absolute Gasteiger partial charge is 0.242 e. The number of benzene rings is 2. The summed E-state index contributed by atoms with van der Waals surface area (Å²) in [5.41, 5.74) is 4.33. The van der Waals surface area contributed by atoms with Crippen molar-refractivity contribution in [1.82, 2.24) is 14.9 Å². The van der Waals surface area contributed by atoms with Crippen LogP contribution < -0.4 is 10.1 Å². The van der Waals surface area contributed by atoms with Crippen molar-refractivity contribution in [3.63, 3.8) is 0 Å². The Morgan fingerprint density at radius 2 is 1.85 bits per heavy atom. The second-order valence-electron chi connectivity index (χ2n) is 10.1. The van der Waals surface area contributed by atoms with Gasteiger partial charge >= 0.3 is 0 Å². The average Bonchev–Trinajstić information content (AvgIpc) is 3.27. The quantitative estimate of drug-likeness (QED) is 0.300. The molecule has 4 aromatic rings. The van der Waals surface area contributed by atoms with E-state index in [-0.39, 0.29) is 6.04 Å². The van der Waals surface area contributed by atoms with Gasteiger partial charge in [0.15, 0.2) is 9.84 Å². The molecule has 202 valence electrons. The molecule has 2 aromatic heterocycles. The number of hydrogen-bond acceptors (Lipinski definition) is 9. The molecule has 39 heavy (non-hydrogen) atoms. The summed E-state index contributed by atoms with van der Waals surface area (Å²) in [4.78, 5) is 12.3. The van der Waals surface area contributed by atoms with Gasteiger partial charge < -0.3 is 10.1 Å². The van der Waals surface area contributed by atoms with Gasteiger partial charge in [-0.3, -0.25) is 4.90 Å². The van der Waals surface area contributed by atoms with Gasteiger partial charge in [-0.25, -0.2) is 13.4 Å². The molecule has 5 rings (SSSR count). The van der Waals surface area contributed by atoms with Crippen molar-refractivity contribution >= 4 is 37.3 Å². The van der Waals surface area contributed by atoms with Crippen molar-refractivity contribution in [2.24, 2.45) is 0 Å². The van der Waals surface area contributed by atoms with Gasteiger partial charge in [0, 0.05) is 25.4 Å². The first-order valence-electron chi connectivity index (χ1n) is 12.9. The standard InChI is InChI=1S/C29H31N5O3S2/c1-19-15-22(17-30)16-20(2)26(19)37-28-27-25(11-14-38-27)32-29(33-28)31-23-5-4-12-34(13-10-23)18-21-6-8-24(9-7-21)39(3,35)36/h6-9,11,14-16,23H,4-5,10,12-13,18H2,1-3H3,(H,31,32,33). The molecular weight excluding hydrogens is 530 g/mol. The molecule has 0 spiro atoms. The Labute approximate surface area is 233 Å². The SMILES string of the molecule is Cc1cc(C#N)cc(C)c1Oc1nc(NC2CCCN(Cc3ccc(S(C)(=O)=O)cc3)CC2)nc2ccsc12. The van der Waals surface area contributed by atoms with Crippen molar-refractivity contribution in [3.05, 3.63) is 70.1 Å². The number of likely N-dealkylation sites (tertiary alicyclic amines) is 1. The lowest BCUT2D eigenvalue weighted by molar-refractivity contribution is 0.276. The third kappa shape index (κ3) is 6.38. The van der Waals surface area contributed by atoms with E-state index in [1.54, 1.807) is 23.5 Å². The number of hydrogen-bond donors (Lipinski definition) is 1. The van der Waals surface area contributed by atoms with Crippen molar-refractivity contribution in [1.29, 1.82) is 5.26 Å². The van der Waals surface area contributed by atoms with E-state index in [2.05, 4.69) is 16.3 Å². The summed E-state index contributed by atoms with van der Waals surface area (Å²) in [6, 6.07) is 15.2. The van der Waals surface area contributed by atoms with Crippen molar-refractivity contribution < 1.29 is 13.2 Å². The Morgan fingerprint density at radius 3 is 2.54 bits per heavy atom. The molecular formula is C29H31N5O3S2. The summed E-state index contributed by atoms with van der Waals surface area (Å²) in [5, 5.41) is 14.8. The van der Waals surface area contributed by atoms with Gasteiger partial charge in [-0.15, -0.1) is 11.3 Å². The number of ether oxygens (including phenoxy) is 1. The van der Waals surface area contributed by atoms with E-state index in [1.807, 2.05) is 49.6 Å². The third-order valence-corrected chi connectivity index (χ3v) is 8.99. The molecule has 8 nitrogen and oxygen atoms in total. The van der Waals surface area contributed by atoms with Crippen LogP contribution in [0.2, 0.25) is 0 Å². The molecule has 1 fully saturated rings. The molecule has 1 aliphatic heterocycles. The minimum atomic E-state index is -3.19. The largest absolute Gasteiger partial charge is 0.437 e. The van der Waals surface area contributed by atoms with Crippen LogP contribution in [0, 0.1) is 25.2 Å². The number of nitriles is 1. The highest BCUT2D eigenvalue weighted by molar-refractivity contribution is 7.90.